The topological polar surface area (TPSA) is 17.1 Å². The minimum absolute atomic E-state index is 0.319. The number of Topliss-reactive ketones (excluding diaryl/α,β-unsaturated/α-hetero) is 1. The first-order chi connectivity index (χ1) is 10.9. The third kappa shape index (κ3) is 2.07. The number of rotatable bonds is 1. The predicted molar refractivity (Wildman–Crippen MR) is 95.0 cm³/mol. The maximum atomic E-state index is 11.9. The smallest absolute Gasteiger partial charge is 0.136 e. The molecule has 4 aliphatic rings. The Bertz CT molecular complexity index is 585. The van der Waals surface area contributed by atoms with E-state index in [4.69, 9.17) is 0 Å². The van der Waals surface area contributed by atoms with Crippen LogP contribution >= 0.6 is 0 Å². The van der Waals surface area contributed by atoms with E-state index in [0.717, 1.165) is 42.9 Å². The van der Waals surface area contributed by atoms with Crippen LogP contribution in [0.5, 0.6) is 0 Å². The lowest BCUT2D eigenvalue weighted by Crippen LogP contribution is -2.50. The molecule has 0 saturated heterocycles. The number of carbonyl (C=O) groups is 1. The Labute approximate surface area is 141 Å². The third-order valence-electron chi connectivity index (χ3n) is 8.53. The van der Waals surface area contributed by atoms with Crippen molar-refractivity contribution in [1.29, 1.82) is 0 Å². The van der Waals surface area contributed by atoms with Gasteiger partial charge in [0, 0.05) is 12.8 Å². The molecule has 23 heavy (non-hydrogen) atoms. The number of allylic oxidation sites excluding steroid dienone is 3. The van der Waals surface area contributed by atoms with Crippen molar-refractivity contribution in [1.82, 2.24) is 0 Å². The van der Waals surface area contributed by atoms with Gasteiger partial charge < -0.3 is 0 Å². The number of hydrogen-bond donors (Lipinski definition) is 0. The highest BCUT2D eigenvalue weighted by Crippen LogP contribution is 2.66. The van der Waals surface area contributed by atoms with Crippen LogP contribution in [0.2, 0.25) is 0 Å². The number of hydrogen-bond acceptors (Lipinski definition) is 1. The van der Waals surface area contributed by atoms with Crippen molar-refractivity contribution in [3.63, 3.8) is 0 Å². The van der Waals surface area contributed by atoms with Crippen LogP contribution in [0.25, 0.3) is 0 Å². The van der Waals surface area contributed by atoms with Gasteiger partial charge in [-0.05, 0) is 80.0 Å². The Hall–Kier alpha value is -0.850. The molecule has 6 atom stereocenters. The van der Waals surface area contributed by atoms with Gasteiger partial charge in [0.15, 0.2) is 0 Å². The van der Waals surface area contributed by atoms with Crippen LogP contribution in [0, 0.1) is 34.5 Å². The lowest BCUT2D eigenvalue weighted by Gasteiger charge is -2.57. The summed E-state index contributed by atoms with van der Waals surface area (Å²) in [6.07, 6.45) is 11.9. The molecule has 1 heteroatoms. The van der Waals surface area contributed by atoms with E-state index in [-0.39, 0.29) is 0 Å². The van der Waals surface area contributed by atoms with Gasteiger partial charge in [-0.15, -0.1) is 0 Å². The molecule has 0 aliphatic heterocycles. The summed E-state index contributed by atoms with van der Waals surface area (Å²) in [6.45, 7) is 11.6. The Morgan fingerprint density at radius 3 is 2.70 bits per heavy atom. The van der Waals surface area contributed by atoms with Gasteiger partial charge in [0.1, 0.15) is 5.78 Å². The molecule has 0 N–H and O–H groups in total. The first kappa shape index (κ1) is 15.7. The van der Waals surface area contributed by atoms with Crippen LogP contribution < -0.4 is 0 Å². The monoisotopic (exact) mass is 312 g/mol. The zero-order valence-corrected chi connectivity index (χ0v) is 15.2. The molecule has 0 bridgehead atoms. The molecule has 4 rings (SSSR count). The molecule has 0 radical (unpaired) electrons. The summed E-state index contributed by atoms with van der Waals surface area (Å²) in [5.41, 5.74) is 3.71. The minimum atomic E-state index is 0.319. The van der Waals surface area contributed by atoms with Gasteiger partial charge in [0.2, 0.25) is 0 Å². The number of carbonyl (C=O) groups excluding carboxylic acids is 1. The van der Waals surface area contributed by atoms with Crippen molar-refractivity contribution in [2.45, 2.75) is 72.1 Å². The van der Waals surface area contributed by atoms with Crippen LogP contribution in [0.15, 0.2) is 23.8 Å². The van der Waals surface area contributed by atoms with Gasteiger partial charge in [-0.1, -0.05) is 37.6 Å². The molecule has 0 spiro atoms. The molecule has 3 saturated carbocycles. The summed E-state index contributed by atoms with van der Waals surface area (Å²) in [5.74, 6) is 3.74. The molecule has 0 aromatic heterocycles. The van der Waals surface area contributed by atoms with Gasteiger partial charge in [-0.25, -0.2) is 0 Å². The first-order valence-corrected chi connectivity index (χ1v) is 9.73. The summed E-state index contributed by atoms with van der Waals surface area (Å²) in [6, 6.07) is 0. The Kier molecular flexibility index (Phi) is 3.45. The highest BCUT2D eigenvalue weighted by atomic mass is 16.1. The van der Waals surface area contributed by atoms with E-state index in [1.165, 1.54) is 43.3 Å². The van der Waals surface area contributed by atoms with E-state index in [1.54, 1.807) is 0 Å². The lowest BCUT2D eigenvalue weighted by molar-refractivity contribution is -0.122. The number of fused-ring (bicyclic) bond motifs is 5. The zero-order chi connectivity index (χ0) is 16.4. The molecule has 0 heterocycles. The second kappa shape index (κ2) is 5.07. The summed E-state index contributed by atoms with van der Waals surface area (Å²) in [5, 5.41) is 0. The fraction of sp³-hybridized carbons (Fsp3) is 0.773. The largest absolute Gasteiger partial charge is 0.299 e. The summed E-state index contributed by atoms with van der Waals surface area (Å²) in [4.78, 5) is 11.9. The van der Waals surface area contributed by atoms with Gasteiger partial charge >= 0.3 is 0 Å². The fourth-order valence-electron chi connectivity index (χ4n) is 7.29. The van der Waals surface area contributed by atoms with E-state index in [1.807, 2.05) is 0 Å². The van der Waals surface area contributed by atoms with Crippen molar-refractivity contribution in [2.24, 2.45) is 34.5 Å². The van der Waals surface area contributed by atoms with E-state index in [0.29, 0.717) is 16.6 Å². The van der Waals surface area contributed by atoms with E-state index in [9.17, 15) is 4.79 Å². The Morgan fingerprint density at radius 1 is 1.17 bits per heavy atom. The summed E-state index contributed by atoms with van der Waals surface area (Å²) >= 11 is 0. The third-order valence-corrected chi connectivity index (χ3v) is 8.53. The molecule has 3 fully saturated rings. The summed E-state index contributed by atoms with van der Waals surface area (Å²) < 4.78 is 0. The van der Waals surface area contributed by atoms with E-state index < -0.39 is 0 Å². The average Bonchev–Trinajstić information content (AvgIpc) is 2.85. The Morgan fingerprint density at radius 2 is 1.96 bits per heavy atom. The van der Waals surface area contributed by atoms with Crippen LogP contribution in [0.1, 0.15) is 72.1 Å². The van der Waals surface area contributed by atoms with Gasteiger partial charge in [0.05, 0.1) is 0 Å². The normalized spacial score (nSPS) is 49.0. The maximum Gasteiger partial charge on any atom is 0.136 e. The molecule has 0 amide bonds. The van der Waals surface area contributed by atoms with Crippen LogP contribution in [0.4, 0.5) is 0 Å². The molecule has 1 unspecified atom stereocenters. The fourth-order valence-corrected chi connectivity index (χ4v) is 7.29. The maximum absolute atomic E-state index is 11.9. The van der Waals surface area contributed by atoms with Gasteiger partial charge in [-0.2, -0.15) is 0 Å². The minimum Gasteiger partial charge on any atom is -0.299 e. The molecule has 4 aliphatic carbocycles. The quantitative estimate of drug-likeness (QED) is 0.567. The average molecular weight is 312 g/mol. The Balaban J connectivity index is 1.67. The van der Waals surface area contributed by atoms with Gasteiger partial charge in [0.25, 0.3) is 0 Å². The SMILES string of the molecule is C=C(C)C1CC[C@H]2[C@@H]3CC=C4CC(=O)CC[C@]4(C)[C@H]3CC[C@]12C. The molecule has 0 aromatic rings. The first-order valence-electron chi connectivity index (χ1n) is 9.73. The van der Waals surface area contributed by atoms with Crippen molar-refractivity contribution in [2.75, 3.05) is 0 Å². The molecular weight excluding hydrogens is 280 g/mol. The second-order valence-electron chi connectivity index (χ2n) is 9.50. The van der Waals surface area contributed by atoms with E-state index >= 15 is 0 Å². The predicted octanol–water partition coefficient (Wildman–Crippen LogP) is 5.71. The van der Waals surface area contributed by atoms with Gasteiger partial charge in [-0.3, -0.25) is 4.79 Å². The highest BCUT2D eigenvalue weighted by Gasteiger charge is 2.58. The molecule has 0 aromatic carbocycles. The molecule has 126 valence electrons. The number of ketones is 1. The van der Waals surface area contributed by atoms with Crippen molar-refractivity contribution in [3.8, 4) is 0 Å². The van der Waals surface area contributed by atoms with Crippen LogP contribution in [-0.4, -0.2) is 5.78 Å². The summed E-state index contributed by atoms with van der Waals surface area (Å²) in [7, 11) is 0. The highest BCUT2D eigenvalue weighted by molar-refractivity contribution is 5.82. The molecular formula is C22H32O. The molecule has 1 nitrogen and oxygen atoms in total. The van der Waals surface area contributed by atoms with Crippen LogP contribution in [0.3, 0.4) is 0 Å². The van der Waals surface area contributed by atoms with Crippen molar-refractivity contribution < 1.29 is 4.79 Å². The van der Waals surface area contributed by atoms with Crippen molar-refractivity contribution >= 4 is 5.78 Å². The zero-order valence-electron chi connectivity index (χ0n) is 15.2. The lowest BCUT2D eigenvalue weighted by atomic mass is 9.47. The van der Waals surface area contributed by atoms with Crippen molar-refractivity contribution in [3.05, 3.63) is 23.8 Å². The standard InChI is InChI=1S/C22H32O/c1-14(2)18-7-8-19-17-6-5-15-13-16(23)9-11-21(15,3)20(17)10-12-22(18,19)4/h5,17-20H,1,6-13H2,2-4H3/t17-,18?,19-,20-,21-,22+/m0/s1. The second-order valence-corrected chi connectivity index (χ2v) is 9.50. The van der Waals surface area contributed by atoms with E-state index in [2.05, 4.69) is 33.4 Å². The van der Waals surface area contributed by atoms with Crippen LogP contribution in [-0.2, 0) is 4.79 Å².